The minimum atomic E-state index is -0.590. The van der Waals surface area contributed by atoms with Gasteiger partial charge in [-0.05, 0) is 40.2 Å². The van der Waals surface area contributed by atoms with E-state index in [1.165, 1.54) is 22.7 Å². The van der Waals surface area contributed by atoms with Crippen molar-refractivity contribution in [3.05, 3.63) is 31.6 Å². The van der Waals surface area contributed by atoms with Gasteiger partial charge >= 0.3 is 11.9 Å². The van der Waals surface area contributed by atoms with Gasteiger partial charge < -0.3 is 14.8 Å². The van der Waals surface area contributed by atoms with Crippen LogP contribution in [0, 0.1) is 27.7 Å². The summed E-state index contributed by atoms with van der Waals surface area (Å²) >= 11 is 2.50. The van der Waals surface area contributed by atoms with Gasteiger partial charge in [0, 0.05) is 4.88 Å². The van der Waals surface area contributed by atoms with E-state index in [9.17, 15) is 14.4 Å². The van der Waals surface area contributed by atoms with Crippen LogP contribution in [0.25, 0.3) is 0 Å². The molecule has 26 heavy (non-hydrogen) atoms. The smallest absolute Gasteiger partial charge is 0.350 e. The van der Waals surface area contributed by atoms with Gasteiger partial charge in [-0.1, -0.05) is 0 Å². The molecule has 0 bridgehead atoms. The molecule has 0 saturated carbocycles. The van der Waals surface area contributed by atoms with Gasteiger partial charge in [0.25, 0.3) is 5.91 Å². The lowest BCUT2D eigenvalue weighted by atomic mass is 10.1. The first-order chi connectivity index (χ1) is 12.2. The molecule has 2 aromatic heterocycles. The van der Waals surface area contributed by atoms with Gasteiger partial charge in [-0.2, -0.15) is 0 Å². The van der Waals surface area contributed by atoms with Crippen LogP contribution < -0.4 is 5.32 Å². The Morgan fingerprint density at radius 1 is 1.04 bits per heavy atom. The van der Waals surface area contributed by atoms with E-state index in [1.54, 1.807) is 27.7 Å². The maximum absolute atomic E-state index is 12.1. The van der Waals surface area contributed by atoms with Crippen molar-refractivity contribution in [3.8, 4) is 0 Å². The molecule has 0 radical (unpaired) electrons. The van der Waals surface area contributed by atoms with E-state index in [2.05, 4.69) is 10.3 Å². The molecular formula is C17H20N2O5S2. The number of carbonyl (C=O) groups excluding carboxylic acids is 3. The third-order valence-electron chi connectivity index (χ3n) is 3.54. The van der Waals surface area contributed by atoms with Gasteiger partial charge in [-0.25, -0.2) is 14.6 Å². The number of esters is 2. The number of aromatic nitrogens is 1. The van der Waals surface area contributed by atoms with Crippen molar-refractivity contribution in [2.45, 2.75) is 34.6 Å². The molecule has 9 heteroatoms. The van der Waals surface area contributed by atoms with E-state index in [1.807, 2.05) is 6.92 Å². The van der Waals surface area contributed by atoms with Crippen molar-refractivity contribution in [1.29, 1.82) is 0 Å². The first-order valence-corrected chi connectivity index (χ1v) is 9.56. The summed E-state index contributed by atoms with van der Waals surface area (Å²) in [6.07, 6.45) is 0. The molecule has 0 unspecified atom stereocenters. The highest BCUT2D eigenvalue weighted by molar-refractivity contribution is 7.16. The van der Waals surface area contributed by atoms with Crippen LogP contribution in [0.4, 0.5) is 5.00 Å². The molecule has 2 aromatic rings. The minimum Gasteiger partial charge on any atom is -0.462 e. The number of hydrogen-bond donors (Lipinski definition) is 1. The van der Waals surface area contributed by atoms with E-state index in [4.69, 9.17) is 9.47 Å². The molecule has 0 atom stereocenters. The summed E-state index contributed by atoms with van der Waals surface area (Å²) < 4.78 is 10.1. The van der Waals surface area contributed by atoms with Crippen molar-refractivity contribution in [2.75, 3.05) is 18.5 Å². The molecule has 0 aromatic carbocycles. The lowest BCUT2D eigenvalue weighted by molar-refractivity contribution is -0.119. The average Bonchev–Trinajstić information content (AvgIpc) is 3.04. The summed E-state index contributed by atoms with van der Waals surface area (Å²) in [5.41, 5.74) is 1.67. The van der Waals surface area contributed by atoms with Crippen molar-refractivity contribution in [1.82, 2.24) is 4.98 Å². The Morgan fingerprint density at radius 2 is 1.73 bits per heavy atom. The van der Waals surface area contributed by atoms with Crippen LogP contribution in [-0.4, -0.2) is 36.0 Å². The molecule has 0 aliphatic rings. The molecule has 2 rings (SSSR count). The van der Waals surface area contributed by atoms with Crippen LogP contribution >= 0.6 is 22.7 Å². The van der Waals surface area contributed by atoms with E-state index < -0.39 is 24.5 Å². The highest BCUT2D eigenvalue weighted by atomic mass is 32.1. The van der Waals surface area contributed by atoms with Crippen LogP contribution in [0.3, 0.4) is 0 Å². The van der Waals surface area contributed by atoms with Gasteiger partial charge in [-0.15, -0.1) is 22.7 Å². The number of thiophene rings is 1. The number of anilines is 1. The second-order valence-electron chi connectivity index (χ2n) is 5.48. The van der Waals surface area contributed by atoms with Gasteiger partial charge in [0.05, 0.1) is 22.9 Å². The third kappa shape index (κ3) is 4.47. The zero-order chi connectivity index (χ0) is 19.4. The lowest BCUT2D eigenvalue weighted by Crippen LogP contribution is -2.21. The lowest BCUT2D eigenvalue weighted by Gasteiger charge is -2.07. The molecule has 0 spiro atoms. The number of ether oxygens (including phenoxy) is 2. The minimum absolute atomic E-state index is 0.242. The Hall–Kier alpha value is -2.26. The molecule has 0 saturated heterocycles. The summed E-state index contributed by atoms with van der Waals surface area (Å²) in [6, 6.07) is 0. The van der Waals surface area contributed by atoms with Gasteiger partial charge in [0.2, 0.25) is 0 Å². The van der Waals surface area contributed by atoms with Crippen LogP contribution in [0.15, 0.2) is 0 Å². The highest BCUT2D eigenvalue weighted by Crippen LogP contribution is 2.33. The molecule has 1 N–H and O–H groups in total. The van der Waals surface area contributed by atoms with Gasteiger partial charge in [-0.3, -0.25) is 4.79 Å². The molecule has 2 heterocycles. The van der Waals surface area contributed by atoms with Crippen LogP contribution in [0.2, 0.25) is 0 Å². The zero-order valence-electron chi connectivity index (χ0n) is 15.2. The summed E-state index contributed by atoms with van der Waals surface area (Å²) in [6.45, 7) is 8.66. The normalized spacial score (nSPS) is 10.5. The molecule has 140 valence electrons. The van der Waals surface area contributed by atoms with E-state index in [0.717, 1.165) is 15.4 Å². The second-order valence-corrected chi connectivity index (χ2v) is 7.91. The fraction of sp³-hybridized carbons (Fsp3) is 0.412. The molecule has 0 fully saturated rings. The number of hydrogen-bond acceptors (Lipinski definition) is 8. The van der Waals surface area contributed by atoms with E-state index in [-0.39, 0.29) is 6.61 Å². The van der Waals surface area contributed by atoms with Crippen molar-refractivity contribution in [3.63, 3.8) is 0 Å². The van der Waals surface area contributed by atoms with Gasteiger partial charge in [0.1, 0.15) is 9.88 Å². The summed E-state index contributed by atoms with van der Waals surface area (Å²) in [4.78, 5) is 41.7. The fourth-order valence-electron chi connectivity index (χ4n) is 2.24. The number of nitrogens with one attached hydrogen (secondary N) is 1. The third-order valence-corrected chi connectivity index (χ3v) is 5.72. The maximum Gasteiger partial charge on any atom is 0.350 e. The summed E-state index contributed by atoms with van der Waals surface area (Å²) in [7, 11) is 0. The zero-order valence-corrected chi connectivity index (χ0v) is 16.9. The Balaban J connectivity index is 2.04. The second kappa shape index (κ2) is 8.41. The van der Waals surface area contributed by atoms with Crippen LogP contribution in [-0.2, 0) is 14.3 Å². The number of amides is 1. The van der Waals surface area contributed by atoms with E-state index in [0.29, 0.717) is 21.1 Å². The number of rotatable bonds is 6. The Kier molecular flexibility index (Phi) is 6.49. The molecule has 7 nitrogen and oxygen atoms in total. The standard InChI is InChI=1S/C17H20N2O5S2/c1-6-23-16(21)13-8(2)10(4)25-15(13)19-12(20)7-24-17(22)14-9(3)18-11(5)26-14/h6-7H2,1-5H3,(H,19,20). The maximum atomic E-state index is 12.1. The average molecular weight is 396 g/mol. The number of nitrogens with zero attached hydrogens (tertiary/aromatic N) is 1. The summed E-state index contributed by atoms with van der Waals surface area (Å²) in [5, 5.41) is 3.77. The molecule has 0 aliphatic heterocycles. The van der Waals surface area contributed by atoms with Crippen molar-refractivity contribution < 1.29 is 23.9 Å². The fourth-order valence-corrected chi connectivity index (χ4v) is 4.12. The Bertz CT molecular complexity index is 854. The van der Waals surface area contributed by atoms with Crippen molar-refractivity contribution in [2.24, 2.45) is 0 Å². The van der Waals surface area contributed by atoms with Crippen LogP contribution in [0.1, 0.15) is 48.1 Å². The quantitative estimate of drug-likeness (QED) is 0.752. The molecule has 0 aliphatic carbocycles. The molecular weight excluding hydrogens is 376 g/mol. The topological polar surface area (TPSA) is 94.6 Å². The SMILES string of the molecule is CCOC(=O)c1c(NC(=O)COC(=O)c2sc(C)nc2C)sc(C)c1C. The highest BCUT2D eigenvalue weighted by Gasteiger charge is 2.23. The number of aryl methyl sites for hydroxylation is 3. The summed E-state index contributed by atoms with van der Waals surface area (Å²) in [5.74, 6) is -1.60. The molecule has 1 amide bonds. The first kappa shape index (κ1) is 20.1. The monoisotopic (exact) mass is 396 g/mol. The van der Waals surface area contributed by atoms with E-state index >= 15 is 0 Å². The Morgan fingerprint density at radius 3 is 2.31 bits per heavy atom. The predicted molar refractivity (Wildman–Crippen MR) is 100 cm³/mol. The van der Waals surface area contributed by atoms with Crippen molar-refractivity contribution >= 4 is 45.5 Å². The largest absolute Gasteiger partial charge is 0.462 e. The predicted octanol–water partition coefficient (Wildman–Crippen LogP) is 3.41. The first-order valence-electron chi connectivity index (χ1n) is 7.92. The van der Waals surface area contributed by atoms with Crippen LogP contribution in [0.5, 0.6) is 0 Å². The number of thiazole rings is 1. The Labute approximate surface area is 159 Å². The van der Waals surface area contributed by atoms with Gasteiger partial charge in [0.15, 0.2) is 6.61 Å². The number of carbonyl (C=O) groups is 3.